The van der Waals surface area contributed by atoms with E-state index in [0.29, 0.717) is 0 Å². The molecule has 4 unspecified atom stereocenters. The summed E-state index contributed by atoms with van der Waals surface area (Å²) < 4.78 is 5.31. The van der Waals surface area contributed by atoms with Gasteiger partial charge in [0.15, 0.2) is 0 Å². The van der Waals surface area contributed by atoms with Crippen molar-refractivity contribution in [3.05, 3.63) is 0 Å². The van der Waals surface area contributed by atoms with E-state index in [4.69, 9.17) is 4.74 Å². The Morgan fingerprint density at radius 3 is 2.38 bits per heavy atom. The highest BCUT2D eigenvalue weighted by atomic mass is 16.5. The van der Waals surface area contributed by atoms with Gasteiger partial charge in [-0.15, -0.1) is 0 Å². The summed E-state index contributed by atoms with van der Waals surface area (Å²) >= 11 is 0. The second-order valence-electron chi connectivity index (χ2n) is 8.05. The molecule has 0 aromatic rings. The first kappa shape index (κ1) is 19.0. The van der Waals surface area contributed by atoms with Gasteiger partial charge in [0.1, 0.15) is 0 Å². The minimum Gasteiger partial charge on any atom is -0.385 e. The molecule has 0 saturated heterocycles. The number of methoxy groups -OCH3 is 1. The third kappa shape index (κ3) is 6.69. The lowest BCUT2D eigenvalue weighted by molar-refractivity contribution is 0.0824. The lowest BCUT2D eigenvalue weighted by atomic mass is 9.66. The quantitative estimate of drug-likeness (QED) is 0.672. The Morgan fingerprint density at radius 2 is 1.81 bits per heavy atom. The summed E-state index contributed by atoms with van der Waals surface area (Å²) in [4.78, 5) is 0. The second-order valence-corrected chi connectivity index (χ2v) is 8.05. The molecular formula is C19H39NO. The highest BCUT2D eigenvalue weighted by molar-refractivity contribution is 4.85. The molecule has 4 atom stereocenters. The molecule has 1 rings (SSSR count). The molecule has 0 aromatic carbocycles. The summed E-state index contributed by atoms with van der Waals surface area (Å²) in [5, 5.41) is 3.71. The zero-order valence-corrected chi connectivity index (χ0v) is 15.3. The molecule has 0 heterocycles. The van der Waals surface area contributed by atoms with Crippen molar-refractivity contribution in [2.45, 2.75) is 60.3 Å². The molecule has 1 aliphatic rings. The van der Waals surface area contributed by atoms with Gasteiger partial charge in [-0.3, -0.25) is 0 Å². The second kappa shape index (κ2) is 9.84. The van der Waals surface area contributed by atoms with Crippen LogP contribution < -0.4 is 5.32 Å². The smallest absolute Gasteiger partial charge is 0.0464 e. The van der Waals surface area contributed by atoms with E-state index >= 15 is 0 Å². The third-order valence-electron chi connectivity index (χ3n) is 5.50. The van der Waals surface area contributed by atoms with Crippen LogP contribution in [-0.2, 0) is 4.74 Å². The van der Waals surface area contributed by atoms with Gasteiger partial charge in [0.2, 0.25) is 0 Å². The van der Waals surface area contributed by atoms with E-state index in [2.05, 4.69) is 39.9 Å². The van der Waals surface area contributed by atoms with Crippen LogP contribution in [0.2, 0.25) is 0 Å². The molecule has 2 nitrogen and oxygen atoms in total. The van der Waals surface area contributed by atoms with Gasteiger partial charge in [-0.25, -0.2) is 0 Å². The van der Waals surface area contributed by atoms with Crippen LogP contribution in [0.3, 0.4) is 0 Å². The molecule has 0 amide bonds. The number of nitrogens with one attached hydrogen (secondary N) is 1. The number of hydrogen-bond donors (Lipinski definition) is 1. The Kier molecular flexibility index (Phi) is 8.89. The average Bonchev–Trinajstić information content (AvgIpc) is 2.44. The average molecular weight is 298 g/mol. The van der Waals surface area contributed by atoms with Gasteiger partial charge in [-0.05, 0) is 74.3 Å². The lowest BCUT2D eigenvalue weighted by Crippen LogP contribution is -2.38. The summed E-state index contributed by atoms with van der Waals surface area (Å²) in [6.45, 7) is 15.1. The van der Waals surface area contributed by atoms with Crippen molar-refractivity contribution in [3.8, 4) is 0 Å². The van der Waals surface area contributed by atoms with Crippen LogP contribution in [0.15, 0.2) is 0 Å². The van der Waals surface area contributed by atoms with E-state index in [1.807, 2.05) is 7.11 Å². The molecule has 1 aliphatic carbocycles. The first-order valence-electron chi connectivity index (χ1n) is 9.15. The summed E-state index contributed by atoms with van der Waals surface area (Å²) in [5.74, 6) is 5.05. The molecule has 21 heavy (non-hydrogen) atoms. The van der Waals surface area contributed by atoms with Crippen LogP contribution in [0, 0.1) is 35.5 Å². The highest BCUT2D eigenvalue weighted by Crippen LogP contribution is 2.41. The van der Waals surface area contributed by atoms with Gasteiger partial charge in [0, 0.05) is 13.7 Å². The fraction of sp³-hybridized carbons (Fsp3) is 1.00. The fourth-order valence-electron chi connectivity index (χ4n) is 3.93. The lowest BCUT2D eigenvalue weighted by Gasteiger charge is -2.41. The maximum atomic E-state index is 5.31. The topological polar surface area (TPSA) is 21.3 Å². The zero-order chi connectivity index (χ0) is 15.8. The van der Waals surface area contributed by atoms with E-state index in [9.17, 15) is 0 Å². The van der Waals surface area contributed by atoms with E-state index in [1.54, 1.807) is 0 Å². The molecule has 0 spiro atoms. The van der Waals surface area contributed by atoms with E-state index in [1.165, 1.54) is 32.2 Å². The molecule has 0 radical (unpaired) electrons. The van der Waals surface area contributed by atoms with Crippen molar-refractivity contribution in [1.29, 1.82) is 0 Å². The van der Waals surface area contributed by atoms with Crippen molar-refractivity contribution in [1.82, 2.24) is 5.32 Å². The SMILES string of the molecule is COCCC(C)C1CC(C(C)C)CCC1CNCC(C)C. The van der Waals surface area contributed by atoms with Crippen LogP contribution in [0.25, 0.3) is 0 Å². The first-order chi connectivity index (χ1) is 9.95. The predicted molar refractivity (Wildman–Crippen MR) is 92.5 cm³/mol. The van der Waals surface area contributed by atoms with Crippen LogP contribution >= 0.6 is 0 Å². The maximum Gasteiger partial charge on any atom is 0.0464 e. The standard InChI is InChI=1S/C19H39NO/c1-14(2)12-20-13-18-8-7-17(15(3)4)11-19(18)16(5)9-10-21-6/h14-20H,7-13H2,1-6H3. The zero-order valence-electron chi connectivity index (χ0n) is 15.3. The Morgan fingerprint density at radius 1 is 1.10 bits per heavy atom. The summed E-state index contributed by atoms with van der Waals surface area (Å²) in [6, 6.07) is 0. The van der Waals surface area contributed by atoms with E-state index in [0.717, 1.165) is 48.7 Å². The van der Waals surface area contributed by atoms with E-state index in [-0.39, 0.29) is 0 Å². The molecular weight excluding hydrogens is 258 g/mol. The molecule has 0 bridgehead atoms. The number of ether oxygens (including phenoxy) is 1. The number of rotatable bonds is 9. The predicted octanol–water partition coefficient (Wildman–Crippen LogP) is 4.59. The van der Waals surface area contributed by atoms with Gasteiger partial charge in [0.05, 0.1) is 0 Å². The normalized spacial score (nSPS) is 28.3. The molecule has 0 aromatic heterocycles. The third-order valence-corrected chi connectivity index (χ3v) is 5.50. The van der Waals surface area contributed by atoms with Gasteiger partial charge < -0.3 is 10.1 Å². The van der Waals surface area contributed by atoms with Crippen LogP contribution in [0.4, 0.5) is 0 Å². The van der Waals surface area contributed by atoms with Gasteiger partial charge in [0.25, 0.3) is 0 Å². The van der Waals surface area contributed by atoms with Gasteiger partial charge >= 0.3 is 0 Å². The summed E-state index contributed by atoms with van der Waals surface area (Å²) in [5.41, 5.74) is 0. The number of hydrogen-bond acceptors (Lipinski definition) is 2. The van der Waals surface area contributed by atoms with Crippen molar-refractivity contribution < 1.29 is 4.74 Å². The van der Waals surface area contributed by atoms with Crippen molar-refractivity contribution in [2.24, 2.45) is 35.5 Å². The molecule has 1 fully saturated rings. The minimum atomic E-state index is 0.751. The van der Waals surface area contributed by atoms with Crippen LogP contribution in [0.5, 0.6) is 0 Å². The van der Waals surface area contributed by atoms with Crippen molar-refractivity contribution in [2.75, 3.05) is 26.8 Å². The van der Waals surface area contributed by atoms with Crippen molar-refractivity contribution in [3.63, 3.8) is 0 Å². The summed E-state index contributed by atoms with van der Waals surface area (Å²) in [6.07, 6.45) is 5.48. The Balaban J connectivity index is 2.56. The van der Waals surface area contributed by atoms with E-state index < -0.39 is 0 Å². The van der Waals surface area contributed by atoms with Crippen molar-refractivity contribution >= 4 is 0 Å². The largest absolute Gasteiger partial charge is 0.385 e. The Labute approximate surface area is 133 Å². The highest BCUT2D eigenvalue weighted by Gasteiger charge is 2.34. The van der Waals surface area contributed by atoms with Crippen LogP contribution in [-0.4, -0.2) is 26.8 Å². The Hall–Kier alpha value is -0.0800. The Bertz CT molecular complexity index is 262. The maximum absolute atomic E-state index is 5.31. The van der Waals surface area contributed by atoms with Gasteiger partial charge in [-0.1, -0.05) is 34.6 Å². The summed E-state index contributed by atoms with van der Waals surface area (Å²) in [7, 11) is 1.83. The first-order valence-corrected chi connectivity index (χ1v) is 9.15. The molecule has 1 N–H and O–H groups in total. The molecule has 1 saturated carbocycles. The fourth-order valence-corrected chi connectivity index (χ4v) is 3.93. The monoisotopic (exact) mass is 297 g/mol. The molecule has 126 valence electrons. The van der Waals surface area contributed by atoms with Gasteiger partial charge in [-0.2, -0.15) is 0 Å². The molecule has 0 aliphatic heterocycles. The van der Waals surface area contributed by atoms with Crippen LogP contribution in [0.1, 0.15) is 60.3 Å². The molecule has 2 heteroatoms. The minimum absolute atomic E-state index is 0.751.